The topological polar surface area (TPSA) is 51.2 Å². The number of nitrogens with one attached hydrogen (secondary N) is 1. The number of carbonyl (C=O) groups is 1. The molecule has 120 valence electrons. The van der Waals surface area contributed by atoms with Crippen molar-refractivity contribution in [2.45, 2.75) is 6.04 Å². The number of aromatic nitrogens is 1. The average molecular weight is 318 g/mol. The summed E-state index contributed by atoms with van der Waals surface area (Å²) in [5.41, 5.74) is 1.76. The molecule has 3 rings (SSSR count). The van der Waals surface area contributed by atoms with Gasteiger partial charge >= 0.3 is 0 Å². The number of amides is 1. The second kappa shape index (κ2) is 7.92. The molecule has 0 saturated carbocycles. The minimum atomic E-state index is -0.306. The Morgan fingerprint density at radius 1 is 0.917 bits per heavy atom. The van der Waals surface area contributed by atoms with Crippen LogP contribution in [0.3, 0.4) is 0 Å². The lowest BCUT2D eigenvalue weighted by atomic mass is 10.0. The van der Waals surface area contributed by atoms with Crippen molar-refractivity contribution in [3.05, 3.63) is 96.3 Å². The van der Waals surface area contributed by atoms with Crippen molar-refractivity contribution in [2.75, 3.05) is 6.61 Å². The minimum absolute atomic E-state index is 0.0415. The number of nitrogens with zero attached hydrogens (tertiary/aromatic N) is 1. The lowest BCUT2D eigenvalue weighted by Crippen LogP contribution is -2.33. The molecule has 4 heteroatoms. The van der Waals surface area contributed by atoms with Gasteiger partial charge in [0, 0.05) is 6.20 Å². The first-order chi connectivity index (χ1) is 11.8. The van der Waals surface area contributed by atoms with Crippen LogP contribution in [0.5, 0.6) is 5.75 Å². The average Bonchev–Trinajstić information content (AvgIpc) is 2.67. The Hall–Kier alpha value is -3.14. The van der Waals surface area contributed by atoms with Gasteiger partial charge in [-0.25, -0.2) is 0 Å². The first-order valence-electron chi connectivity index (χ1n) is 7.76. The summed E-state index contributed by atoms with van der Waals surface area (Å²) >= 11 is 0. The lowest BCUT2D eigenvalue weighted by Gasteiger charge is -2.19. The monoisotopic (exact) mass is 318 g/mol. The highest BCUT2D eigenvalue weighted by atomic mass is 16.5. The molecule has 1 atom stereocenters. The van der Waals surface area contributed by atoms with Gasteiger partial charge in [0.2, 0.25) is 0 Å². The molecule has 0 radical (unpaired) electrons. The standard InChI is InChI=1S/C20H18N2O2/c23-19(15-24-17-11-5-2-6-12-17)22-20(16-9-3-1-4-10-16)18-13-7-8-14-21-18/h1-14,20H,15H2,(H,22,23). The highest BCUT2D eigenvalue weighted by Gasteiger charge is 2.17. The van der Waals surface area contributed by atoms with E-state index in [1.165, 1.54) is 0 Å². The van der Waals surface area contributed by atoms with E-state index in [0.717, 1.165) is 11.3 Å². The molecule has 1 heterocycles. The molecule has 1 unspecified atom stereocenters. The Morgan fingerprint density at radius 3 is 2.25 bits per heavy atom. The maximum atomic E-state index is 12.3. The molecule has 0 aliphatic heterocycles. The first-order valence-corrected chi connectivity index (χ1v) is 7.76. The van der Waals surface area contributed by atoms with Gasteiger partial charge in [-0.1, -0.05) is 54.6 Å². The lowest BCUT2D eigenvalue weighted by molar-refractivity contribution is -0.123. The summed E-state index contributed by atoms with van der Waals surface area (Å²) in [7, 11) is 0. The Balaban J connectivity index is 1.71. The van der Waals surface area contributed by atoms with Gasteiger partial charge in [-0.2, -0.15) is 0 Å². The van der Waals surface area contributed by atoms with Gasteiger partial charge in [0.25, 0.3) is 5.91 Å². The second-order valence-corrected chi connectivity index (χ2v) is 5.27. The highest BCUT2D eigenvalue weighted by Crippen LogP contribution is 2.19. The number of hydrogen-bond donors (Lipinski definition) is 1. The molecule has 0 bridgehead atoms. The fourth-order valence-corrected chi connectivity index (χ4v) is 2.39. The van der Waals surface area contributed by atoms with Crippen LogP contribution in [-0.4, -0.2) is 17.5 Å². The highest BCUT2D eigenvalue weighted by molar-refractivity contribution is 5.78. The fraction of sp³-hybridized carbons (Fsp3) is 0.100. The molecular formula is C20H18N2O2. The van der Waals surface area contributed by atoms with Crippen LogP contribution >= 0.6 is 0 Å². The molecule has 0 fully saturated rings. The van der Waals surface area contributed by atoms with Crippen molar-refractivity contribution in [3.8, 4) is 5.75 Å². The van der Waals surface area contributed by atoms with Crippen molar-refractivity contribution in [2.24, 2.45) is 0 Å². The van der Waals surface area contributed by atoms with Crippen LogP contribution in [0.2, 0.25) is 0 Å². The molecule has 1 N–H and O–H groups in total. The van der Waals surface area contributed by atoms with Crippen LogP contribution in [0.25, 0.3) is 0 Å². The van der Waals surface area contributed by atoms with E-state index in [4.69, 9.17) is 4.74 Å². The third kappa shape index (κ3) is 4.20. The Morgan fingerprint density at radius 2 is 1.58 bits per heavy atom. The summed E-state index contributed by atoms with van der Waals surface area (Å²) in [6.45, 7) is -0.0415. The molecule has 3 aromatic rings. The molecule has 2 aromatic carbocycles. The molecule has 24 heavy (non-hydrogen) atoms. The van der Waals surface area contributed by atoms with Crippen LogP contribution in [0.15, 0.2) is 85.1 Å². The molecule has 0 saturated heterocycles. The number of para-hydroxylation sites is 1. The van der Waals surface area contributed by atoms with Crippen molar-refractivity contribution in [1.29, 1.82) is 0 Å². The van der Waals surface area contributed by atoms with E-state index in [2.05, 4.69) is 10.3 Å². The fourth-order valence-electron chi connectivity index (χ4n) is 2.39. The molecule has 4 nitrogen and oxygen atoms in total. The van der Waals surface area contributed by atoms with Gasteiger partial charge in [0.1, 0.15) is 5.75 Å². The van der Waals surface area contributed by atoms with Crippen molar-refractivity contribution in [3.63, 3.8) is 0 Å². The molecule has 1 aromatic heterocycles. The second-order valence-electron chi connectivity index (χ2n) is 5.27. The smallest absolute Gasteiger partial charge is 0.258 e. The number of benzene rings is 2. The number of rotatable bonds is 6. The van der Waals surface area contributed by atoms with Gasteiger partial charge in [0.15, 0.2) is 6.61 Å². The summed E-state index contributed by atoms with van der Waals surface area (Å²) in [6.07, 6.45) is 1.72. The zero-order valence-electron chi connectivity index (χ0n) is 13.1. The zero-order valence-corrected chi connectivity index (χ0v) is 13.1. The Labute approximate surface area is 141 Å². The van der Waals surface area contributed by atoms with Gasteiger partial charge in [-0.05, 0) is 29.8 Å². The van der Waals surface area contributed by atoms with Crippen molar-refractivity contribution in [1.82, 2.24) is 10.3 Å². The zero-order chi connectivity index (χ0) is 16.6. The van der Waals surface area contributed by atoms with Crippen LogP contribution in [0.4, 0.5) is 0 Å². The number of hydrogen-bond acceptors (Lipinski definition) is 3. The largest absolute Gasteiger partial charge is 0.484 e. The number of carbonyl (C=O) groups excluding carboxylic acids is 1. The third-order valence-electron chi connectivity index (χ3n) is 3.53. The van der Waals surface area contributed by atoms with E-state index < -0.39 is 0 Å². The minimum Gasteiger partial charge on any atom is -0.484 e. The van der Waals surface area contributed by atoms with E-state index in [-0.39, 0.29) is 18.6 Å². The van der Waals surface area contributed by atoms with Crippen molar-refractivity contribution >= 4 is 5.91 Å². The van der Waals surface area contributed by atoms with E-state index >= 15 is 0 Å². The first kappa shape index (κ1) is 15.7. The quantitative estimate of drug-likeness (QED) is 0.758. The molecule has 0 aliphatic carbocycles. The number of pyridine rings is 1. The van der Waals surface area contributed by atoms with Gasteiger partial charge in [-0.15, -0.1) is 0 Å². The SMILES string of the molecule is O=C(COc1ccccc1)NC(c1ccccc1)c1ccccn1. The van der Waals surface area contributed by atoms with Gasteiger partial charge in [-0.3, -0.25) is 9.78 Å². The maximum absolute atomic E-state index is 12.3. The van der Waals surface area contributed by atoms with Crippen LogP contribution < -0.4 is 10.1 Å². The normalized spacial score (nSPS) is 11.5. The predicted octanol–water partition coefficient (Wildman–Crippen LogP) is 3.37. The van der Waals surface area contributed by atoms with E-state index in [1.807, 2.05) is 78.9 Å². The van der Waals surface area contributed by atoms with Crippen LogP contribution in [0, 0.1) is 0 Å². The van der Waals surface area contributed by atoms with Crippen molar-refractivity contribution < 1.29 is 9.53 Å². The summed E-state index contributed by atoms with van der Waals surface area (Å²) in [6, 6.07) is 24.4. The van der Waals surface area contributed by atoms with E-state index in [9.17, 15) is 4.79 Å². The van der Waals surface area contributed by atoms with E-state index in [0.29, 0.717) is 5.75 Å². The van der Waals surface area contributed by atoms with Crippen LogP contribution in [-0.2, 0) is 4.79 Å². The molecule has 0 spiro atoms. The van der Waals surface area contributed by atoms with Gasteiger partial charge in [0.05, 0.1) is 11.7 Å². The summed E-state index contributed by atoms with van der Waals surface area (Å²) < 4.78 is 5.51. The molecule has 0 aliphatic rings. The van der Waals surface area contributed by atoms with Gasteiger partial charge < -0.3 is 10.1 Å². The maximum Gasteiger partial charge on any atom is 0.258 e. The molecular weight excluding hydrogens is 300 g/mol. The third-order valence-corrected chi connectivity index (χ3v) is 3.53. The Kier molecular flexibility index (Phi) is 5.20. The summed E-state index contributed by atoms with van der Waals surface area (Å²) in [4.78, 5) is 16.7. The molecule has 1 amide bonds. The predicted molar refractivity (Wildman–Crippen MR) is 92.6 cm³/mol. The van der Waals surface area contributed by atoms with Crippen LogP contribution in [0.1, 0.15) is 17.3 Å². The summed E-state index contributed by atoms with van der Waals surface area (Å²) in [5.74, 6) is 0.472. The Bertz CT molecular complexity index is 722. The number of ether oxygens (including phenoxy) is 1. The van der Waals surface area contributed by atoms with E-state index in [1.54, 1.807) is 6.20 Å². The summed E-state index contributed by atoms with van der Waals surface area (Å²) in [5, 5.41) is 2.99.